The summed E-state index contributed by atoms with van der Waals surface area (Å²) in [7, 11) is 0. The number of hydrogen-bond donors (Lipinski definition) is 1. The fourth-order valence-electron chi connectivity index (χ4n) is 1.79. The molecule has 0 aliphatic carbocycles. The van der Waals surface area contributed by atoms with Gasteiger partial charge < -0.3 is 19.4 Å². The number of carbonyl (C=O) groups excluding carboxylic acids is 1. The Morgan fingerprint density at radius 1 is 1.56 bits per heavy atom. The molecule has 0 aromatic rings. The number of ether oxygens (including phenoxy) is 2. The van der Waals surface area contributed by atoms with E-state index in [1.165, 1.54) is 0 Å². The molecule has 6 nitrogen and oxygen atoms in total. The summed E-state index contributed by atoms with van der Waals surface area (Å²) < 4.78 is 11.0. The molecule has 3 atom stereocenters. The lowest BCUT2D eigenvalue weighted by molar-refractivity contribution is -0.218. The Morgan fingerprint density at radius 2 is 2.17 bits per heavy atom. The topological polar surface area (TPSA) is 76.1 Å². The molecule has 1 aliphatic heterocycles. The molecule has 0 saturated carbocycles. The highest BCUT2D eigenvalue weighted by molar-refractivity contribution is 5.72. The van der Waals surface area contributed by atoms with Gasteiger partial charge in [0.05, 0.1) is 19.3 Å². The third-order valence-electron chi connectivity index (χ3n) is 2.68. The average Bonchev–Trinajstić information content (AvgIpc) is 2.25. The van der Waals surface area contributed by atoms with Gasteiger partial charge in [0.15, 0.2) is 6.29 Å². The molecule has 1 aliphatic rings. The van der Waals surface area contributed by atoms with Gasteiger partial charge in [-0.2, -0.15) is 0 Å². The highest BCUT2D eigenvalue weighted by Crippen LogP contribution is 2.22. The summed E-state index contributed by atoms with van der Waals surface area (Å²) in [4.78, 5) is 23.0. The zero-order chi connectivity index (χ0) is 13.9. The Kier molecular flexibility index (Phi) is 4.70. The molecule has 1 amide bonds. The van der Waals surface area contributed by atoms with Gasteiger partial charge in [0, 0.05) is 0 Å². The molecular weight excluding hydrogens is 238 g/mol. The Labute approximate surface area is 107 Å². The summed E-state index contributed by atoms with van der Waals surface area (Å²) >= 11 is 0. The summed E-state index contributed by atoms with van der Waals surface area (Å²) in [6.07, 6.45) is -1.17. The van der Waals surface area contributed by atoms with Crippen molar-refractivity contribution in [2.24, 2.45) is 5.41 Å². The van der Waals surface area contributed by atoms with E-state index >= 15 is 0 Å². The molecular formula is C12H21NO5. The van der Waals surface area contributed by atoms with Gasteiger partial charge in [0.25, 0.3) is 0 Å². The molecule has 1 heterocycles. The molecule has 6 heteroatoms. The summed E-state index contributed by atoms with van der Waals surface area (Å²) in [5.74, 6) is 0. The van der Waals surface area contributed by atoms with Crippen LogP contribution in [0.25, 0.3) is 0 Å². The van der Waals surface area contributed by atoms with Crippen molar-refractivity contribution in [1.82, 2.24) is 4.90 Å². The van der Waals surface area contributed by atoms with Crippen LogP contribution in [0.5, 0.6) is 0 Å². The second kappa shape index (κ2) is 5.67. The molecule has 1 fully saturated rings. The van der Waals surface area contributed by atoms with Crippen molar-refractivity contribution in [2.75, 3.05) is 13.2 Å². The van der Waals surface area contributed by atoms with Crippen LogP contribution in [-0.4, -0.2) is 54.0 Å². The lowest BCUT2D eigenvalue weighted by Crippen LogP contribution is -2.58. The zero-order valence-corrected chi connectivity index (χ0v) is 11.3. The van der Waals surface area contributed by atoms with E-state index in [0.717, 1.165) is 4.90 Å². The Hall–Kier alpha value is -1.14. The molecule has 0 aromatic heterocycles. The fourth-order valence-corrected chi connectivity index (χ4v) is 1.79. The van der Waals surface area contributed by atoms with Crippen LogP contribution < -0.4 is 0 Å². The van der Waals surface area contributed by atoms with E-state index in [2.05, 4.69) is 0 Å². The van der Waals surface area contributed by atoms with Crippen LogP contribution in [0.1, 0.15) is 27.7 Å². The Bertz CT molecular complexity index is 312. The molecule has 0 bridgehead atoms. The highest BCUT2D eigenvalue weighted by Gasteiger charge is 2.39. The van der Waals surface area contributed by atoms with E-state index in [1.807, 2.05) is 20.8 Å². The first kappa shape index (κ1) is 14.9. The van der Waals surface area contributed by atoms with Crippen molar-refractivity contribution in [3.05, 3.63) is 0 Å². The van der Waals surface area contributed by atoms with Gasteiger partial charge in [-0.25, -0.2) is 4.79 Å². The van der Waals surface area contributed by atoms with E-state index in [0.29, 0.717) is 12.9 Å². The molecule has 1 rings (SSSR count). The lowest BCUT2D eigenvalue weighted by atomic mass is 9.98. The van der Waals surface area contributed by atoms with Crippen molar-refractivity contribution < 1.29 is 24.2 Å². The van der Waals surface area contributed by atoms with Crippen LogP contribution in [0, 0.1) is 5.41 Å². The Morgan fingerprint density at radius 3 is 2.61 bits per heavy atom. The summed E-state index contributed by atoms with van der Waals surface area (Å²) in [5.41, 5.74) is -0.0291. The summed E-state index contributed by atoms with van der Waals surface area (Å²) in [6, 6.07) is -1.26. The lowest BCUT2D eigenvalue weighted by Gasteiger charge is -2.41. The number of carboxylic acid groups (broad SMARTS) is 1. The second-order valence-electron chi connectivity index (χ2n) is 5.71. The van der Waals surface area contributed by atoms with Crippen LogP contribution in [0.3, 0.4) is 0 Å². The van der Waals surface area contributed by atoms with Crippen molar-refractivity contribution in [3.63, 3.8) is 0 Å². The minimum absolute atomic E-state index is 0.0291. The van der Waals surface area contributed by atoms with Crippen molar-refractivity contribution >= 4 is 12.4 Å². The fraction of sp³-hybridized carbons (Fsp3) is 0.833. The molecule has 104 valence electrons. The first-order valence-electron chi connectivity index (χ1n) is 5.96. The number of nitrogens with zero attached hydrogens (tertiary/aromatic N) is 1. The maximum absolute atomic E-state index is 11.1. The number of aldehydes is 1. The second-order valence-corrected chi connectivity index (χ2v) is 5.71. The number of hydrogen-bond acceptors (Lipinski definition) is 4. The van der Waals surface area contributed by atoms with Gasteiger partial charge in [-0.3, -0.25) is 4.90 Å². The molecule has 0 unspecified atom stereocenters. The van der Waals surface area contributed by atoms with Gasteiger partial charge in [-0.05, 0) is 12.3 Å². The van der Waals surface area contributed by atoms with E-state index in [-0.39, 0.29) is 12.0 Å². The van der Waals surface area contributed by atoms with E-state index in [4.69, 9.17) is 14.6 Å². The summed E-state index contributed by atoms with van der Waals surface area (Å²) in [6.45, 7) is 8.23. The van der Waals surface area contributed by atoms with Crippen LogP contribution in [0.15, 0.2) is 0 Å². The maximum Gasteiger partial charge on any atom is 0.408 e. The molecule has 0 spiro atoms. The third kappa shape index (κ3) is 3.68. The minimum atomic E-state index is -1.13. The van der Waals surface area contributed by atoms with Gasteiger partial charge in [0.2, 0.25) is 0 Å². The number of amides is 1. The molecule has 0 aromatic carbocycles. The van der Waals surface area contributed by atoms with Crippen LogP contribution in [0.4, 0.5) is 4.79 Å². The largest absolute Gasteiger partial charge is 0.465 e. The third-order valence-corrected chi connectivity index (χ3v) is 2.68. The summed E-state index contributed by atoms with van der Waals surface area (Å²) in [5, 5.41) is 9.11. The number of morpholine rings is 1. The van der Waals surface area contributed by atoms with Crippen molar-refractivity contribution in [1.29, 1.82) is 0 Å². The van der Waals surface area contributed by atoms with Crippen LogP contribution in [-0.2, 0) is 14.3 Å². The molecule has 1 saturated heterocycles. The monoisotopic (exact) mass is 259 g/mol. The SMILES string of the molecule is C[C@@H]1[C@H](OCC(C)(C)C)OC[C@H](C=O)N1C(=O)O. The molecule has 0 radical (unpaired) electrons. The van der Waals surface area contributed by atoms with E-state index < -0.39 is 24.5 Å². The first-order chi connectivity index (χ1) is 8.26. The normalized spacial score (nSPS) is 29.1. The number of rotatable bonds is 3. The van der Waals surface area contributed by atoms with E-state index in [9.17, 15) is 9.59 Å². The van der Waals surface area contributed by atoms with Gasteiger partial charge in [-0.15, -0.1) is 0 Å². The highest BCUT2D eigenvalue weighted by atomic mass is 16.7. The predicted molar refractivity (Wildman–Crippen MR) is 64.3 cm³/mol. The van der Waals surface area contributed by atoms with Gasteiger partial charge >= 0.3 is 6.09 Å². The smallest absolute Gasteiger partial charge is 0.408 e. The Balaban J connectivity index is 2.68. The van der Waals surface area contributed by atoms with E-state index in [1.54, 1.807) is 6.92 Å². The molecule has 1 N–H and O–H groups in total. The average molecular weight is 259 g/mol. The predicted octanol–water partition coefficient (Wildman–Crippen LogP) is 1.34. The zero-order valence-electron chi connectivity index (χ0n) is 11.3. The minimum Gasteiger partial charge on any atom is -0.465 e. The van der Waals surface area contributed by atoms with Crippen molar-refractivity contribution in [3.8, 4) is 0 Å². The quantitative estimate of drug-likeness (QED) is 0.774. The first-order valence-corrected chi connectivity index (χ1v) is 5.96. The van der Waals surface area contributed by atoms with Crippen LogP contribution >= 0.6 is 0 Å². The number of carbonyl (C=O) groups is 2. The maximum atomic E-state index is 11.1. The van der Waals surface area contributed by atoms with Crippen molar-refractivity contribution in [2.45, 2.75) is 46.1 Å². The van der Waals surface area contributed by atoms with Crippen LogP contribution in [0.2, 0.25) is 0 Å². The van der Waals surface area contributed by atoms with Gasteiger partial charge in [-0.1, -0.05) is 20.8 Å². The molecule has 18 heavy (non-hydrogen) atoms. The van der Waals surface area contributed by atoms with Gasteiger partial charge in [0.1, 0.15) is 12.3 Å². The standard InChI is InChI=1S/C12H21NO5/c1-8-10(18-7-12(2,3)4)17-6-9(5-14)13(8)11(15)16/h5,8-10H,6-7H2,1-4H3,(H,15,16)/t8-,9+,10+/m1/s1.